The van der Waals surface area contributed by atoms with Crippen molar-refractivity contribution in [1.29, 1.82) is 0 Å². The Hall–Kier alpha value is -0.0800. The SMILES string of the molecule is CCC(CC)(CO)CNCC1(C)CCCC1. The highest BCUT2D eigenvalue weighted by atomic mass is 16.3. The predicted octanol–water partition coefficient (Wildman–Crippen LogP) is 2.96. The van der Waals surface area contributed by atoms with Gasteiger partial charge in [-0.1, -0.05) is 33.6 Å². The van der Waals surface area contributed by atoms with Crippen molar-refractivity contribution >= 4 is 0 Å². The molecule has 2 nitrogen and oxygen atoms in total. The molecule has 0 aromatic carbocycles. The highest BCUT2D eigenvalue weighted by molar-refractivity contribution is 4.85. The van der Waals surface area contributed by atoms with Gasteiger partial charge in [-0.25, -0.2) is 0 Å². The van der Waals surface area contributed by atoms with Crippen molar-refractivity contribution in [3.05, 3.63) is 0 Å². The van der Waals surface area contributed by atoms with E-state index in [0.29, 0.717) is 12.0 Å². The fourth-order valence-electron chi connectivity index (χ4n) is 2.81. The first-order chi connectivity index (χ1) is 7.60. The Morgan fingerprint density at radius 3 is 2.19 bits per heavy atom. The van der Waals surface area contributed by atoms with Crippen LogP contribution < -0.4 is 5.32 Å². The second kappa shape index (κ2) is 6.02. The molecule has 0 atom stereocenters. The molecule has 0 unspecified atom stereocenters. The molecular formula is C14H29NO. The van der Waals surface area contributed by atoms with Gasteiger partial charge in [-0.2, -0.15) is 0 Å². The van der Waals surface area contributed by atoms with Crippen molar-refractivity contribution in [3.8, 4) is 0 Å². The zero-order chi connectivity index (χ0) is 12.1. The number of hydrogen-bond acceptors (Lipinski definition) is 2. The Bertz CT molecular complexity index is 185. The molecule has 1 aliphatic carbocycles. The third-order valence-electron chi connectivity index (χ3n) is 4.70. The highest BCUT2D eigenvalue weighted by Crippen LogP contribution is 2.37. The smallest absolute Gasteiger partial charge is 0.0499 e. The van der Waals surface area contributed by atoms with Crippen LogP contribution in [-0.2, 0) is 0 Å². The number of rotatable bonds is 7. The van der Waals surface area contributed by atoms with Crippen LogP contribution in [0.2, 0.25) is 0 Å². The standard InChI is InChI=1S/C14H29NO/c1-4-14(5-2,12-16)11-15-10-13(3)8-6-7-9-13/h15-16H,4-12H2,1-3H3. The molecule has 1 rings (SSSR count). The van der Waals surface area contributed by atoms with Crippen molar-refractivity contribution in [1.82, 2.24) is 5.32 Å². The van der Waals surface area contributed by atoms with Gasteiger partial charge < -0.3 is 10.4 Å². The van der Waals surface area contributed by atoms with Gasteiger partial charge in [-0.15, -0.1) is 0 Å². The summed E-state index contributed by atoms with van der Waals surface area (Å²) in [7, 11) is 0. The van der Waals surface area contributed by atoms with Gasteiger partial charge >= 0.3 is 0 Å². The molecule has 0 heterocycles. The van der Waals surface area contributed by atoms with E-state index in [1.165, 1.54) is 25.7 Å². The molecule has 0 radical (unpaired) electrons. The normalized spacial score (nSPS) is 20.2. The van der Waals surface area contributed by atoms with Crippen molar-refractivity contribution < 1.29 is 5.11 Å². The first-order valence-corrected chi connectivity index (χ1v) is 6.91. The molecule has 1 aliphatic rings. The number of aliphatic hydroxyl groups excluding tert-OH is 1. The molecular weight excluding hydrogens is 198 g/mol. The maximum atomic E-state index is 9.49. The van der Waals surface area contributed by atoms with Gasteiger partial charge in [0.25, 0.3) is 0 Å². The Labute approximate surface area is 101 Å². The Morgan fingerprint density at radius 1 is 1.19 bits per heavy atom. The largest absolute Gasteiger partial charge is 0.396 e. The molecule has 2 N–H and O–H groups in total. The van der Waals surface area contributed by atoms with Crippen molar-refractivity contribution in [2.75, 3.05) is 19.7 Å². The van der Waals surface area contributed by atoms with Gasteiger partial charge in [0.2, 0.25) is 0 Å². The lowest BCUT2D eigenvalue weighted by Crippen LogP contribution is -2.40. The van der Waals surface area contributed by atoms with E-state index < -0.39 is 0 Å². The van der Waals surface area contributed by atoms with Gasteiger partial charge in [0.05, 0.1) is 0 Å². The van der Waals surface area contributed by atoms with Crippen LogP contribution in [0, 0.1) is 10.8 Å². The van der Waals surface area contributed by atoms with Crippen LogP contribution in [0.4, 0.5) is 0 Å². The van der Waals surface area contributed by atoms with E-state index in [2.05, 4.69) is 26.1 Å². The van der Waals surface area contributed by atoms with Crippen LogP contribution in [-0.4, -0.2) is 24.8 Å². The van der Waals surface area contributed by atoms with E-state index in [0.717, 1.165) is 25.9 Å². The van der Waals surface area contributed by atoms with E-state index in [4.69, 9.17) is 0 Å². The van der Waals surface area contributed by atoms with Gasteiger partial charge in [0.15, 0.2) is 0 Å². The molecule has 0 amide bonds. The Balaban J connectivity index is 2.32. The molecule has 16 heavy (non-hydrogen) atoms. The fraction of sp³-hybridized carbons (Fsp3) is 1.00. The number of aliphatic hydroxyl groups is 1. The van der Waals surface area contributed by atoms with Crippen LogP contribution in [0.25, 0.3) is 0 Å². The van der Waals surface area contributed by atoms with Crippen LogP contribution in [0.3, 0.4) is 0 Å². The summed E-state index contributed by atoms with van der Waals surface area (Å²) in [6, 6.07) is 0. The Morgan fingerprint density at radius 2 is 1.75 bits per heavy atom. The average molecular weight is 227 g/mol. The molecule has 1 saturated carbocycles. The molecule has 0 aromatic heterocycles. The van der Waals surface area contributed by atoms with Gasteiger partial charge in [-0.05, 0) is 31.1 Å². The topological polar surface area (TPSA) is 32.3 Å². The second-order valence-electron chi connectivity index (χ2n) is 5.99. The summed E-state index contributed by atoms with van der Waals surface area (Å²) in [6.07, 6.45) is 7.64. The second-order valence-corrected chi connectivity index (χ2v) is 5.99. The van der Waals surface area contributed by atoms with Crippen LogP contribution in [0.1, 0.15) is 59.3 Å². The van der Waals surface area contributed by atoms with Crippen LogP contribution in [0.5, 0.6) is 0 Å². The zero-order valence-electron chi connectivity index (χ0n) is 11.3. The third-order valence-corrected chi connectivity index (χ3v) is 4.70. The highest BCUT2D eigenvalue weighted by Gasteiger charge is 2.30. The average Bonchev–Trinajstić information content (AvgIpc) is 2.73. The quantitative estimate of drug-likeness (QED) is 0.701. The van der Waals surface area contributed by atoms with Gasteiger partial charge in [0, 0.05) is 25.1 Å². The lowest BCUT2D eigenvalue weighted by atomic mass is 9.82. The molecule has 0 aromatic rings. The minimum Gasteiger partial charge on any atom is -0.396 e. The van der Waals surface area contributed by atoms with Crippen molar-refractivity contribution in [2.24, 2.45) is 10.8 Å². The van der Waals surface area contributed by atoms with E-state index in [9.17, 15) is 5.11 Å². The minimum atomic E-state index is 0.106. The summed E-state index contributed by atoms with van der Waals surface area (Å²) < 4.78 is 0. The third kappa shape index (κ3) is 3.46. The maximum absolute atomic E-state index is 9.49. The summed E-state index contributed by atoms with van der Waals surface area (Å²) in [5, 5.41) is 13.1. The van der Waals surface area contributed by atoms with Crippen molar-refractivity contribution in [3.63, 3.8) is 0 Å². The lowest BCUT2D eigenvalue weighted by molar-refractivity contribution is 0.109. The fourth-order valence-corrected chi connectivity index (χ4v) is 2.81. The number of hydrogen-bond donors (Lipinski definition) is 2. The lowest BCUT2D eigenvalue weighted by Gasteiger charge is -2.32. The monoisotopic (exact) mass is 227 g/mol. The van der Waals surface area contributed by atoms with Gasteiger partial charge in [-0.3, -0.25) is 0 Å². The molecule has 1 fully saturated rings. The molecule has 0 saturated heterocycles. The van der Waals surface area contributed by atoms with E-state index in [-0.39, 0.29) is 5.41 Å². The molecule has 2 heteroatoms. The first-order valence-electron chi connectivity index (χ1n) is 6.91. The summed E-state index contributed by atoms with van der Waals surface area (Å²) in [6.45, 7) is 9.15. The predicted molar refractivity (Wildman–Crippen MR) is 69.5 cm³/mol. The van der Waals surface area contributed by atoms with E-state index >= 15 is 0 Å². The number of nitrogens with one attached hydrogen (secondary N) is 1. The zero-order valence-corrected chi connectivity index (χ0v) is 11.3. The summed E-state index contributed by atoms with van der Waals surface area (Å²) in [4.78, 5) is 0. The minimum absolute atomic E-state index is 0.106. The van der Waals surface area contributed by atoms with Crippen molar-refractivity contribution in [2.45, 2.75) is 59.3 Å². The summed E-state index contributed by atoms with van der Waals surface area (Å²) in [5.41, 5.74) is 0.623. The molecule has 96 valence electrons. The van der Waals surface area contributed by atoms with E-state index in [1.54, 1.807) is 0 Å². The molecule has 0 bridgehead atoms. The van der Waals surface area contributed by atoms with Crippen LogP contribution >= 0.6 is 0 Å². The van der Waals surface area contributed by atoms with Gasteiger partial charge in [0.1, 0.15) is 0 Å². The summed E-state index contributed by atoms with van der Waals surface area (Å²) >= 11 is 0. The first kappa shape index (κ1) is 14.0. The van der Waals surface area contributed by atoms with E-state index in [1.807, 2.05) is 0 Å². The maximum Gasteiger partial charge on any atom is 0.0499 e. The van der Waals surface area contributed by atoms with Crippen LogP contribution in [0.15, 0.2) is 0 Å². The molecule has 0 aliphatic heterocycles. The Kier molecular flexibility index (Phi) is 5.26. The summed E-state index contributed by atoms with van der Waals surface area (Å²) in [5.74, 6) is 0. The molecule has 0 spiro atoms.